The van der Waals surface area contributed by atoms with E-state index in [0.29, 0.717) is 52.9 Å². The van der Waals surface area contributed by atoms with Crippen LogP contribution in [0.5, 0.6) is 5.75 Å². The van der Waals surface area contributed by atoms with Gasteiger partial charge in [-0.15, -0.1) is 0 Å². The molecule has 2 aromatic rings. The highest BCUT2D eigenvalue weighted by atomic mass is 79.9. The van der Waals surface area contributed by atoms with Crippen LogP contribution in [0.25, 0.3) is 0 Å². The zero-order valence-corrected chi connectivity index (χ0v) is 51.7. The molecule has 0 radical (unpaired) electrons. The van der Waals surface area contributed by atoms with Gasteiger partial charge in [0.1, 0.15) is 41.0 Å². The van der Waals surface area contributed by atoms with E-state index in [4.69, 9.17) is 45.8 Å². The number of esters is 2. The molecule has 5 rings (SSSR count). The van der Waals surface area contributed by atoms with Gasteiger partial charge in [0.15, 0.2) is 5.78 Å². The van der Waals surface area contributed by atoms with Crippen LogP contribution in [0.4, 0.5) is 21.0 Å². The largest absolute Gasteiger partial charge is 0.496 e. The third-order valence-corrected chi connectivity index (χ3v) is 16.9. The van der Waals surface area contributed by atoms with Crippen molar-refractivity contribution in [2.24, 2.45) is 23.5 Å². The summed E-state index contributed by atoms with van der Waals surface area (Å²) in [6, 6.07) is 6.58. The molecule has 0 aliphatic carbocycles. The molecular formula is C61H83BrClN5O15. The summed E-state index contributed by atoms with van der Waals surface area (Å²) in [5, 5.41) is 20.8. The summed E-state index contributed by atoms with van der Waals surface area (Å²) in [4.78, 5) is 108. The number of nitrogens with zero attached hydrogens (tertiary/aromatic N) is 1. The van der Waals surface area contributed by atoms with E-state index in [1.807, 2.05) is 45.9 Å². The summed E-state index contributed by atoms with van der Waals surface area (Å²) in [6.45, 7) is 16.5. The Morgan fingerprint density at radius 3 is 2.42 bits per heavy atom. The average molecular weight is 1240 g/mol. The number of nitrogens with one attached hydrogen (secondary N) is 3. The Labute approximate surface area is 500 Å². The molecule has 2 fully saturated rings. The molecule has 3 aliphatic heterocycles. The first-order valence-corrected chi connectivity index (χ1v) is 29.6. The van der Waals surface area contributed by atoms with Gasteiger partial charge in [-0.25, -0.2) is 14.4 Å². The second-order valence-corrected chi connectivity index (χ2v) is 23.6. The zero-order chi connectivity index (χ0) is 61.5. The number of nitrogens with two attached hydrogens (primary N) is 1. The smallest absolute Gasteiger partial charge is 0.412 e. The van der Waals surface area contributed by atoms with Gasteiger partial charge in [0, 0.05) is 86.4 Å². The highest BCUT2D eigenvalue weighted by molar-refractivity contribution is 9.09. The van der Waals surface area contributed by atoms with Crippen molar-refractivity contribution in [1.29, 1.82) is 0 Å². The molecule has 10 atom stereocenters. The van der Waals surface area contributed by atoms with Crippen molar-refractivity contribution < 1.29 is 71.9 Å². The monoisotopic (exact) mass is 1240 g/mol. The number of carbonyl (C=O) groups is 8. The number of aliphatic hydroxyl groups is 1. The van der Waals surface area contributed by atoms with Crippen LogP contribution < -0.4 is 31.3 Å². The van der Waals surface area contributed by atoms with Crippen LogP contribution in [0, 0.1) is 24.7 Å². The minimum Gasteiger partial charge on any atom is -0.496 e. The number of ketones is 2. The zero-order valence-electron chi connectivity index (χ0n) is 49.4. The van der Waals surface area contributed by atoms with Crippen molar-refractivity contribution in [3.8, 4) is 5.75 Å². The molecule has 22 heteroatoms. The number of epoxide rings is 1. The van der Waals surface area contributed by atoms with Crippen LogP contribution in [-0.2, 0) is 65.3 Å². The van der Waals surface area contributed by atoms with Gasteiger partial charge in [0.2, 0.25) is 11.8 Å². The fourth-order valence-corrected chi connectivity index (χ4v) is 11.1. The molecule has 0 aromatic heterocycles. The molecule has 83 heavy (non-hydrogen) atoms. The van der Waals surface area contributed by atoms with E-state index >= 15 is 0 Å². The topological polar surface area (TPSA) is 281 Å². The summed E-state index contributed by atoms with van der Waals surface area (Å²) in [6.07, 6.45) is 2.24. The minimum absolute atomic E-state index is 0.00733. The first kappa shape index (κ1) is 67.7. The van der Waals surface area contributed by atoms with Crippen molar-refractivity contribution >= 4 is 86.3 Å². The summed E-state index contributed by atoms with van der Waals surface area (Å²) >= 11 is 10.1. The number of methoxy groups -OCH3 is 2. The highest BCUT2D eigenvalue weighted by Gasteiger charge is 2.64. The molecule has 1 unspecified atom stereocenters. The number of halogens is 2. The molecule has 0 saturated carbocycles. The maximum absolute atomic E-state index is 14.4. The predicted molar refractivity (Wildman–Crippen MR) is 317 cm³/mol. The minimum atomic E-state index is -1.63. The van der Waals surface area contributed by atoms with E-state index in [1.165, 1.54) is 31.3 Å². The van der Waals surface area contributed by atoms with Crippen LogP contribution in [-0.4, -0.2) is 133 Å². The molecule has 20 nitrogen and oxygen atoms in total. The van der Waals surface area contributed by atoms with E-state index in [-0.39, 0.29) is 87.2 Å². The summed E-state index contributed by atoms with van der Waals surface area (Å²) in [7, 11) is 4.43. The molecular weight excluding hydrogens is 1160 g/mol. The number of urea groups is 1. The Hall–Kier alpha value is -6.13. The van der Waals surface area contributed by atoms with Gasteiger partial charge < -0.3 is 54.8 Å². The number of aryl methyl sites for hydroxylation is 1. The number of unbranched alkanes of at least 4 members (excludes halogenated alkanes) is 1. The van der Waals surface area contributed by atoms with Crippen LogP contribution in [0.3, 0.4) is 0 Å². The Morgan fingerprint density at radius 1 is 1.04 bits per heavy atom. The molecule has 3 aliphatic rings. The number of anilines is 2. The van der Waals surface area contributed by atoms with Crippen LogP contribution >= 0.6 is 27.5 Å². The van der Waals surface area contributed by atoms with Crippen molar-refractivity contribution in [3.63, 3.8) is 0 Å². The number of hydrogen-bond donors (Lipinski definition) is 5. The maximum Gasteiger partial charge on any atom is 0.412 e. The molecule has 456 valence electrons. The fourth-order valence-electron chi connectivity index (χ4n) is 10.7. The van der Waals surface area contributed by atoms with E-state index in [9.17, 15) is 43.5 Å². The van der Waals surface area contributed by atoms with Gasteiger partial charge >= 0.3 is 24.1 Å². The number of amides is 5. The molecule has 0 spiro atoms. The lowest BCUT2D eigenvalue weighted by atomic mass is 9.78. The molecule has 6 N–H and O–H groups in total. The molecule has 2 aromatic carbocycles. The lowest BCUT2D eigenvalue weighted by Gasteiger charge is -2.41. The van der Waals surface area contributed by atoms with Gasteiger partial charge in [0.05, 0.1) is 48.9 Å². The van der Waals surface area contributed by atoms with E-state index < -0.39 is 95.2 Å². The maximum atomic E-state index is 14.4. The molecule has 5 amide bonds. The van der Waals surface area contributed by atoms with Gasteiger partial charge in [-0.3, -0.25) is 29.3 Å². The van der Waals surface area contributed by atoms with Crippen LogP contribution in [0.15, 0.2) is 66.3 Å². The second-order valence-electron chi connectivity index (χ2n) is 22.7. The fraction of sp³-hybridized carbons (Fsp3) is 0.574. The lowest BCUT2D eigenvalue weighted by molar-refractivity contribution is -0.187. The van der Waals surface area contributed by atoms with Crippen molar-refractivity contribution in [1.82, 2.24) is 10.6 Å². The van der Waals surface area contributed by atoms with Gasteiger partial charge in [0.25, 0.3) is 0 Å². The first-order chi connectivity index (χ1) is 39.1. The van der Waals surface area contributed by atoms with Crippen molar-refractivity contribution in [2.45, 2.75) is 173 Å². The van der Waals surface area contributed by atoms with Gasteiger partial charge in [-0.05, 0) is 95.4 Å². The van der Waals surface area contributed by atoms with E-state index in [0.717, 1.165) is 16.7 Å². The number of rotatable bonds is 24. The number of primary amides is 1. The highest BCUT2D eigenvalue weighted by Crippen LogP contribution is 2.50. The van der Waals surface area contributed by atoms with Gasteiger partial charge in [-0.1, -0.05) is 90.8 Å². The van der Waals surface area contributed by atoms with E-state index in [2.05, 4.69) is 38.5 Å². The standard InChI is InChI=1S/C61H83BrClN5O15/c1-34(2)44(29-43(69)18-13-12-17-38(6)80-57(74)37(5)33-62)56(73)67-45(19-15-23-65-58(64)75)47(70)27-41-21-22-42(28-48(41)78-10)66-59(76)82-51-30-52(71)68(9)46-26-40(25-36(4)54(46)63)24-35(3)16-14-20-50(79-11)61(77)31-49(81-53(72)32-61)39(7)55-60(51,8)83-55/h14,16,20-22,25-26,28,34,38-39,44-45,49-51,55,77H,5,12-13,15,17-19,23-24,27,29-33H2,1-4,6-11H3,(H,66,76)(H,67,73)(H3,64,65,75)/b20-14+,35-16+/t38?,39-,44+,45+,49+,50-,51+,55+,60+,61-/m1/s1. The van der Waals surface area contributed by atoms with Gasteiger partial charge in [-0.2, -0.15) is 0 Å². The number of alkyl halides is 1. The quantitative estimate of drug-likeness (QED) is 0.0164. The third kappa shape index (κ3) is 18.9. The summed E-state index contributed by atoms with van der Waals surface area (Å²) in [5.41, 5.74) is 6.29. The second kappa shape index (κ2) is 30.6. The Bertz CT molecular complexity index is 2790. The molecule has 3 heterocycles. The SMILES string of the molecule is C=C(CBr)C(=O)OC(C)CCCCC(=O)C[C@H](C(=O)N[C@@H](CCCNC(N)=O)C(=O)Cc1ccc(NC(=O)O[C@H]2CC(=O)N(C)c3cc(cc(C)c3Cl)C/C(C)=C/C=C/[C@@H](OC)[C@]3(O)CC(=O)O[C@@H](C3)[C@@H](C)[C@@H]3O[C@@]23C)cc1OC)C(C)C. The third-order valence-electron chi connectivity index (χ3n) is 15.7. The number of ether oxygens (including phenoxy) is 6. The normalized spacial score (nSPS) is 24.8. The number of Topliss-reactive ketones (excluding diaryl/α,β-unsaturated/α-hetero) is 2. The Morgan fingerprint density at radius 2 is 1.76 bits per heavy atom. The Kier molecular flexibility index (Phi) is 25.0. The molecule has 2 saturated heterocycles. The Balaban J connectivity index is 1.33. The summed E-state index contributed by atoms with van der Waals surface area (Å²) < 4.78 is 35.2. The van der Waals surface area contributed by atoms with Crippen LogP contribution in [0.1, 0.15) is 122 Å². The summed E-state index contributed by atoms with van der Waals surface area (Å²) in [5.74, 6) is -3.92. The average Bonchev–Trinajstić information content (AvgIpc) is 1.82. The van der Waals surface area contributed by atoms with Crippen molar-refractivity contribution in [3.05, 3.63) is 88.0 Å². The first-order valence-electron chi connectivity index (χ1n) is 28.1. The number of benzene rings is 2. The lowest BCUT2D eigenvalue weighted by Crippen LogP contribution is -2.53. The number of carbonyl (C=O) groups excluding carboxylic acids is 8. The van der Waals surface area contributed by atoms with E-state index in [1.54, 1.807) is 46.0 Å². The van der Waals surface area contributed by atoms with Crippen molar-refractivity contribution in [2.75, 3.05) is 43.4 Å². The number of fused-ring (bicyclic) bond motifs is 5. The molecule has 4 bridgehead atoms. The number of allylic oxidation sites excluding steroid dienone is 3. The van der Waals surface area contributed by atoms with Crippen LogP contribution in [0.2, 0.25) is 5.02 Å². The predicted octanol–water partition coefficient (Wildman–Crippen LogP) is 8.65. The number of hydrogen-bond acceptors (Lipinski definition) is 15.